The SMILES string of the molecule is CCOC.O=CC1=C(CN2CC(F)CC2/C=C/C(=O)O)NC(c2nccs2)=N[C@H]1c1ccc(F)cc1Cl. The van der Waals surface area contributed by atoms with Crippen molar-refractivity contribution in [1.29, 1.82) is 0 Å². The van der Waals surface area contributed by atoms with Crippen molar-refractivity contribution in [3.05, 3.63) is 74.6 Å². The van der Waals surface area contributed by atoms with Crippen LogP contribution in [0.1, 0.15) is 30.0 Å². The molecule has 0 bridgehead atoms. The number of amidine groups is 1. The van der Waals surface area contributed by atoms with Gasteiger partial charge < -0.3 is 15.2 Å². The van der Waals surface area contributed by atoms with Crippen molar-refractivity contribution in [2.45, 2.75) is 31.6 Å². The molecule has 4 rings (SSSR count). The average Bonchev–Trinajstić information content (AvgIpc) is 3.52. The smallest absolute Gasteiger partial charge is 0.328 e. The first-order valence-electron chi connectivity index (χ1n) is 11.4. The molecule has 1 aromatic carbocycles. The van der Waals surface area contributed by atoms with Crippen molar-refractivity contribution < 1.29 is 28.2 Å². The molecular weight excluding hydrogens is 526 g/mol. The van der Waals surface area contributed by atoms with E-state index in [0.717, 1.165) is 18.7 Å². The number of aliphatic imine (C=N–C) groups is 1. The van der Waals surface area contributed by atoms with E-state index in [-0.39, 0.29) is 30.1 Å². The van der Waals surface area contributed by atoms with Crippen LogP contribution in [0.15, 0.2) is 58.2 Å². The van der Waals surface area contributed by atoms with Crippen LogP contribution in [-0.4, -0.2) is 72.1 Å². The van der Waals surface area contributed by atoms with Gasteiger partial charge in [0.1, 0.15) is 24.3 Å². The number of carbonyl (C=O) groups is 2. The number of hydrogen-bond donors (Lipinski definition) is 2. The predicted molar refractivity (Wildman–Crippen MR) is 138 cm³/mol. The molecule has 2 unspecified atom stereocenters. The quantitative estimate of drug-likeness (QED) is 0.374. The maximum Gasteiger partial charge on any atom is 0.328 e. The van der Waals surface area contributed by atoms with Crippen LogP contribution in [0.5, 0.6) is 0 Å². The highest BCUT2D eigenvalue weighted by Gasteiger charge is 2.34. The van der Waals surface area contributed by atoms with E-state index in [2.05, 4.69) is 20.0 Å². The summed E-state index contributed by atoms with van der Waals surface area (Å²) >= 11 is 7.62. The third kappa shape index (κ3) is 7.51. The predicted octanol–water partition coefficient (Wildman–Crippen LogP) is 4.19. The Morgan fingerprint density at radius 1 is 1.43 bits per heavy atom. The molecule has 3 atom stereocenters. The topological polar surface area (TPSA) is 104 Å². The monoisotopic (exact) mass is 552 g/mol. The van der Waals surface area contributed by atoms with E-state index in [1.807, 2.05) is 6.92 Å². The Balaban J connectivity index is 0.000000886. The molecule has 0 aliphatic carbocycles. The molecule has 198 valence electrons. The van der Waals surface area contributed by atoms with Crippen molar-refractivity contribution in [3.8, 4) is 0 Å². The second-order valence-electron chi connectivity index (χ2n) is 8.16. The fraction of sp³-hybridized carbons (Fsp3) is 0.360. The summed E-state index contributed by atoms with van der Waals surface area (Å²) in [5.74, 6) is -1.23. The van der Waals surface area contributed by atoms with Gasteiger partial charge in [-0.05, 0) is 25.5 Å². The maximum absolute atomic E-state index is 14.2. The number of nitrogens with one attached hydrogen (secondary N) is 1. The molecule has 1 aromatic heterocycles. The van der Waals surface area contributed by atoms with Crippen molar-refractivity contribution in [1.82, 2.24) is 15.2 Å². The van der Waals surface area contributed by atoms with Crippen molar-refractivity contribution in [2.75, 3.05) is 26.8 Å². The van der Waals surface area contributed by atoms with E-state index in [9.17, 15) is 18.4 Å². The third-order valence-electron chi connectivity index (χ3n) is 5.70. The lowest BCUT2D eigenvalue weighted by atomic mass is 9.96. The Labute approximate surface area is 222 Å². The molecule has 0 amide bonds. The standard InChI is InChI=1S/C22H19ClF2N4O3S.C3H8O/c23-17-8-12(24)1-3-15(17)20-16(11-30)18(27-21(28-20)22-26-5-6-33-22)10-29-9-13(25)7-14(29)2-4-19(31)32;1-3-4-2/h1-6,8,11,13-14,20H,7,9-10H2,(H,27,28)(H,31,32);3H2,1-2H3/b4-2+;/t13?,14?,20-;/m0./s1. The van der Waals surface area contributed by atoms with Gasteiger partial charge in [-0.15, -0.1) is 11.3 Å². The molecule has 3 heterocycles. The molecule has 8 nitrogen and oxygen atoms in total. The first-order valence-corrected chi connectivity index (χ1v) is 12.7. The number of methoxy groups -OCH3 is 1. The number of likely N-dealkylation sites (tertiary alicyclic amines) is 1. The molecule has 2 aliphatic rings. The zero-order valence-electron chi connectivity index (χ0n) is 20.2. The van der Waals surface area contributed by atoms with Crippen LogP contribution in [0.3, 0.4) is 0 Å². The minimum absolute atomic E-state index is 0.0810. The van der Waals surface area contributed by atoms with Crippen LogP contribution < -0.4 is 5.32 Å². The fourth-order valence-electron chi connectivity index (χ4n) is 3.94. The summed E-state index contributed by atoms with van der Waals surface area (Å²) in [6, 6.07) is 2.60. The van der Waals surface area contributed by atoms with Gasteiger partial charge in [-0.2, -0.15) is 0 Å². The van der Waals surface area contributed by atoms with Gasteiger partial charge in [0.15, 0.2) is 10.8 Å². The van der Waals surface area contributed by atoms with E-state index in [0.29, 0.717) is 28.4 Å². The van der Waals surface area contributed by atoms with Crippen LogP contribution in [0.2, 0.25) is 5.02 Å². The Bertz CT molecular complexity index is 1190. The summed E-state index contributed by atoms with van der Waals surface area (Å²) in [5, 5.41) is 14.6. The average molecular weight is 553 g/mol. The van der Waals surface area contributed by atoms with Crippen molar-refractivity contribution >= 4 is 41.0 Å². The highest BCUT2D eigenvalue weighted by atomic mass is 35.5. The van der Waals surface area contributed by atoms with Gasteiger partial charge in [-0.1, -0.05) is 23.7 Å². The van der Waals surface area contributed by atoms with E-state index in [4.69, 9.17) is 16.7 Å². The Morgan fingerprint density at radius 2 is 2.19 bits per heavy atom. The Hall–Kier alpha value is -2.99. The van der Waals surface area contributed by atoms with E-state index in [1.54, 1.807) is 23.6 Å². The van der Waals surface area contributed by atoms with Gasteiger partial charge in [0.25, 0.3) is 0 Å². The zero-order valence-corrected chi connectivity index (χ0v) is 21.8. The number of benzene rings is 1. The van der Waals surface area contributed by atoms with Crippen LogP contribution in [0.4, 0.5) is 8.78 Å². The number of alkyl halides is 1. The number of nitrogens with zero attached hydrogens (tertiary/aromatic N) is 3. The van der Waals surface area contributed by atoms with E-state index < -0.39 is 30.0 Å². The van der Waals surface area contributed by atoms with Crippen LogP contribution in [-0.2, 0) is 14.3 Å². The molecule has 2 aromatic rings. The number of ether oxygens (including phenoxy) is 1. The Kier molecular flexibility index (Phi) is 10.4. The fourth-order valence-corrected chi connectivity index (χ4v) is 4.80. The van der Waals surface area contributed by atoms with E-state index in [1.165, 1.54) is 29.5 Å². The molecule has 1 fully saturated rings. The summed E-state index contributed by atoms with van der Waals surface area (Å²) in [7, 11) is 1.68. The molecule has 2 aliphatic heterocycles. The summed E-state index contributed by atoms with van der Waals surface area (Å²) in [6.07, 6.45) is 3.71. The van der Waals surface area contributed by atoms with E-state index >= 15 is 0 Å². The van der Waals surface area contributed by atoms with Gasteiger partial charge in [0.05, 0.1) is 0 Å². The molecule has 1 saturated heterocycles. The summed E-state index contributed by atoms with van der Waals surface area (Å²) in [6.45, 7) is 3.00. The first-order chi connectivity index (χ1) is 17.8. The highest BCUT2D eigenvalue weighted by Crippen LogP contribution is 2.36. The number of aliphatic carboxylic acids is 1. The number of hydrogen-bond acceptors (Lipinski definition) is 8. The lowest BCUT2D eigenvalue weighted by molar-refractivity contribution is -0.131. The van der Waals surface area contributed by atoms with Crippen molar-refractivity contribution in [3.63, 3.8) is 0 Å². The number of carboxylic acid groups (broad SMARTS) is 1. The molecule has 12 heteroatoms. The normalized spacial score (nSPS) is 21.9. The molecule has 0 saturated carbocycles. The zero-order chi connectivity index (χ0) is 26.9. The molecule has 37 heavy (non-hydrogen) atoms. The second-order valence-corrected chi connectivity index (χ2v) is 9.47. The summed E-state index contributed by atoms with van der Waals surface area (Å²) in [4.78, 5) is 33.8. The number of carboxylic acids is 1. The molecular formula is C25H27ClF2N4O4S. The van der Waals surface area contributed by atoms with Gasteiger partial charge in [-0.25, -0.2) is 18.6 Å². The Morgan fingerprint density at radius 3 is 2.78 bits per heavy atom. The van der Waals surface area contributed by atoms with Crippen LogP contribution in [0.25, 0.3) is 0 Å². The largest absolute Gasteiger partial charge is 0.478 e. The number of aldehydes is 1. The van der Waals surface area contributed by atoms with Gasteiger partial charge in [0, 0.05) is 72.4 Å². The van der Waals surface area contributed by atoms with Gasteiger partial charge in [0.2, 0.25) is 0 Å². The number of thiazole rings is 1. The minimum Gasteiger partial charge on any atom is -0.478 e. The molecule has 2 N–H and O–H groups in total. The van der Waals surface area contributed by atoms with Crippen LogP contribution >= 0.6 is 22.9 Å². The number of carbonyl (C=O) groups excluding carboxylic acids is 1. The highest BCUT2D eigenvalue weighted by molar-refractivity contribution is 7.11. The lowest BCUT2D eigenvalue weighted by Gasteiger charge is -2.30. The molecule has 0 spiro atoms. The van der Waals surface area contributed by atoms with Gasteiger partial charge >= 0.3 is 5.97 Å². The number of halogens is 3. The van der Waals surface area contributed by atoms with Gasteiger partial charge in [-0.3, -0.25) is 14.7 Å². The number of aromatic nitrogens is 1. The second kappa shape index (κ2) is 13.5. The lowest BCUT2D eigenvalue weighted by Crippen LogP contribution is -2.39. The number of rotatable bonds is 8. The maximum atomic E-state index is 14.2. The summed E-state index contributed by atoms with van der Waals surface area (Å²) in [5.41, 5.74) is 1.19. The van der Waals surface area contributed by atoms with Crippen LogP contribution in [0, 0.1) is 5.82 Å². The van der Waals surface area contributed by atoms with Crippen molar-refractivity contribution in [2.24, 2.45) is 4.99 Å². The summed E-state index contributed by atoms with van der Waals surface area (Å²) < 4.78 is 32.4. The first kappa shape index (κ1) is 28.6. The minimum atomic E-state index is -1.13. The third-order valence-corrected chi connectivity index (χ3v) is 6.81. The molecule has 0 radical (unpaired) electrons.